The Morgan fingerprint density at radius 3 is 2.57 bits per heavy atom. The van der Waals surface area contributed by atoms with Crippen molar-refractivity contribution in [2.75, 3.05) is 5.73 Å². The maximum Gasteiger partial charge on any atom is 0.416 e. The summed E-state index contributed by atoms with van der Waals surface area (Å²) >= 11 is 0. The monoisotopic (exact) mass is 293 g/mol. The number of aryl methyl sites for hydroxylation is 1. The minimum absolute atomic E-state index is 0.265. The maximum absolute atomic E-state index is 12.8. The Balaban J connectivity index is 2.10. The molecule has 2 aromatic carbocycles. The fraction of sp³-hybridized carbons (Fsp3) is 0.250. The van der Waals surface area contributed by atoms with Gasteiger partial charge in [-0.1, -0.05) is 18.2 Å². The van der Waals surface area contributed by atoms with Gasteiger partial charge in [0.2, 0.25) is 0 Å². The Bertz CT molecular complexity index is 696. The van der Waals surface area contributed by atoms with Gasteiger partial charge in [0.15, 0.2) is 0 Å². The van der Waals surface area contributed by atoms with Crippen LogP contribution in [0, 0.1) is 0 Å². The fourth-order valence-corrected chi connectivity index (χ4v) is 2.93. The molecule has 0 aromatic heterocycles. The number of anilines is 1. The van der Waals surface area contributed by atoms with Crippen molar-refractivity contribution in [3.63, 3.8) is 0 Å². The summed E-state index contributed by atoms with van der Waals surface area (Å²) in [5.74, 6) is 0. The number of nitrogens with two attached hydrogens (primary N) is 1. The second-order valence-corrected chi connectivity index (χ2v) is 5.36. The quantitative estimate of drug-likeness (QED) is 0.791. The van der Waals surface area contributed by atoms with Crippen LogP contribution in [-0.4, -0.2) is 5.11 Å². The molecule has 2 nitrogen and oxygen atoms in total. The van der Waals surface area contributed by atoms with E-state index in [0.29, 0.717) is 24.1 Å². The van der Waals surface area contributed by atoms with Gasteiger partial charge in [-0.05, 0) is 53.8 Å². The van der Waals surface area contributed by atoms with Crippen LogP contribution < -0.4 is 5.73 Å². The van der Waals surface area contributed by atoms with Crippen molar-refractivity contribution in [3.05, 3.63) is 64.7 Å². The van der Waals surface area contributed by atoms with Crippen molar-refractivity contribution < 1.29 is 18.3 Å². The van der Waals surface area contributed by atoms with E-state index in [1.807, 2.05) is 0 Å². The van der Waals surface area contributed by atoms with Crippen LogP contribution in [0.5, 0.6) is 0 Å². The predicted molar refractivity (Wildman–Crippen MR) is 73.6 cm³/mol. The molecule has 1 aliphatic carbocycles. The van der Waals surface area contributed by atoms with Gasteiger partial charge in [0.25, 0.3) is 0 Å². The maximum atomic E-state index is 12.8. The smallest absolute Gasteiger partial charge is 0.399 e. The van der Waals surface area contributed by atoms with E-state index in [-0.39, 0.29) is 5.56 Å². The molecule has 1 aliphatic rings. The zero-order chi connectivity index (χ0) is 15.3. The number of hydrogen-bond acceptors (Lipinski definition) is 2. The third-order valence-electron chi connectivity index (χ3n) is 4.00. The second kappa shape index (κ2) is 4.49. The van der Waals surface area contributed by atoms with Crippen LogP contribution in [0.3, 0.4) is 0 Å². The molecular weight excluding hydrogens is 279 g/mol. The number of rotatable bonds is 1. The standard InChI is InChI=1S/C16H14F3NO/c17-16(18,19)12-3-1-2-11(9-12)15(21)7-6-10-8-13(20)4-5-14(10)15/h1-5,8-9,21H,6-7,20H2. The van der Waals surface area contributed by atoms with E-state index in [9.17, 15) is 18.3 Å². The van der Waals surface area contributed by atoms with Gasteiger partial charge < -0.3 is 10.8 Å². The largest absolute Gasteiger partial charge is 0.416 e. The van der Waals surface area contributed by atoms with Gasteiger partial charge in [-0.3, -0.25) is 0 Å². The molecule has 1 atom stereocenters. The van der Waals surface area contributed by atoms with Gasteiger partial charge in [-0.25, -0.2) is 0 Å². The molecule has 0 fully saturated rings. The van der Waals surface area contributed by atoms with Crippen molar-refractivity contribution in [2.24, 2.45) is 0 Å². The summed E-state index contributed by atoms with van der Waals surface area (Å²) in [6.45, 7) is 0. The number of nitrogen functional groups attached to an aromatic ring is 1. The highest BCUT2D eigenvalue weighted by atomic mass is 19.4. The van der Waals surface area contributed by atoms with Crippen LogP contribution in [-0.2, 0) is 18.2 Å². The predicted octanol–water partition coefficient (Wildman–Crippen LogP) is 3.47. The van der Waals surface area contributed by atoms with Crippen molar-refractivity contribution in [2.45, 2.75) is 24.6 Å². The average Bonchev–Trinajstić information content (AvgIpc) is 2.76. The van der Waals surface area contributed by atoms with Crippen LogP contribution in [0.4, 0.5) is 18.9 Å². The van der Waals surface area contributed by atoms with Crippen molar-refractivity contribution in [1.29, 1.82) is 0 Å². The van der Waals surface area contributed by atoms with E-state index in [0.717, 1.165) is 17.7 Å². The molecule has 3 rings (SSSR count). The Hall–Kier alpha value is -2.01. The summed E-state index contributed by atoms with van der Waals surface area (Å²) in [5, 5.41) is 10.9. The van der Waals surface area contributed by atoms with E-state index in [1.165, 1.54) is 12.1 Å². The Kier molecular flexibility index (Phi) is 2.99. The average molecular weight is 293 g/mol. The summed E-state index contributed by atoms with van der Waals surface area (Å²) in [5.41, 5.74) is 5.94. The van der Waals surface area contributed by atoms with Crippen molar-refractivity contribution in [1.82, 2.24) is 0 Å². The number of halogens is 3. The lowest BCUT2D eigenvalue weighted by atomic mass is 9.87. The van der Waals surface area contributed by atoms with Crippen LogP contribution in [0.15, 0.2) is 42.5 Å². The number of alkyl halides is 3. The Morgan fingerprint density at radius 2 is 1.86 bits per heavy atom. The highest BCUT2D eigenvalue weighted by molar-refractivity contribution is 5.52. The lowest BCUT2D eigenvalue weighted by Gasteiger charge is -2.25. The highest BCUT2D eigenvalue weighted by Crippen LogP contribution is 2.43. The molecule has 110 valence electrons. The first kappa shape index (κ1) is 13.9. The summed E-state index contributed by atoms with van der Waals surface area (Å²) in [6, 6.07) is 9.99. The van der Waals surface area contributed by atoms with E-state index < -0.39 is 17.3 Å². The zero-order valence-electron chi connectivity index (χ0n) is 11.1. The zero-order valence-corrected chi connectivity index (χ0v) is 11.1. The molecule has 3 N–H and O–H groups in total. The third kappa shape index (κ3) is 2.27. The van der Waals surface area contributed by atoms with Gasteiger partial charge in [0.1, 0.15) is 5.60 Å². The molecule has 0 aliphatic heterocycles. The van der Waals surface area contributed by atoms with Gasteiger partial charge in [-0.2, -0.15) is 13.2 Å². The molecule has 2 aromatic rings. The molecule has 0 saturated heterocycles. The SMILES string of the molecule is Nc1ccc2c(c1)CCC2(O)c1cccc(C(F)(F)F)c1. The molecule has 0 heterocycles. The fourth-order valence-electron chi connectivity index (χ4n) is 2.93. The van der Waals surface area contributed by atoms with E-state index in [4.69, 9.17) is 5.73 Å². The number of benzene rings is 2. The van der Waals surface area contributed by atoms with Crippen LogP contribution in [0.2, 0.25) is 0 Å². The van der Waals surface area contributed by atoms with Gasteiger partial charge in [0.05, 0.1) is 5.56 Å². The summed E-state index contributed by atoms with van der Waals surface area (Å²) < 4.78 is 38.5. The van der Waals surface area contributed by atoms with E-state index in [2.05, 4.69) is 0 Å². The first-order valence-corrected chi connectivity index (χ1v) is 6.60. The molecule has 21 heavy (non-hydrogen) atoms. The minimum Gasteiger partial charge on any atom is -0.399 e. The van der Waals surface area contributed by atoms with E-state index >= 15 is 0 Å². The Morgan fingerprint density at radius 1 is 1.10 bits per heavy atom. The van der Waals surface area contributed by atoms with Gasteiger partial charge in [0, 0.05) is 5.69 Å². The van der Waals surface area contributed by atoms with Crippen LogP contribution in [0.25, 0.3) is 0 Å². The molecule has 0 amide bonds. The molecule has 5 heteroatoms. The molecule has 0 saturated carbocycles. The molecule has 0 spiro atoms. The third-order valence-corrected chi connectivity index (χ3v) is 4.00. The van der Waals surface area contributed by atoms with Crippen LogP contribution in [0.1, 0.15) is 28.7 Å². The van der Waals surface area contributed by atoms with E-state index in [1.54, 1.807) is 18.2 Å². The molecular formula is C16H14F3NO. The van der Waals surface area contributed by atoms with Crippen molar-refractivity contribution in [3.8, 4) is 0 Å². The van der Waals surface area contributed by atoms with Gasteiger partial charge in [-0.15, -0.1) is 0 Å². The van der Waals surface area contributed by atoms with Crippen molar-refractivity contribution >= 4 is 5.69 Å². The normalized spacial score (nSPS) is 21.3. The van der Waals surface area contributed by atoms with Crippen LogP contribution >= 0.6 is 0 Å². The first-order chi connectivity index (χ1) is 9.80. The highest BCUT2D eigenvalue weighted by Gasteiger charge is 2.40. The van der Waals surface area contributed by atoms with Gasteiger partial charge >= 0.3 is 6.18 Å². The number of aliphatic hydroxyl groups is 1. The lowest BCUT2D eigenvalue weighted by Crippen LogP contribution is -2.24. The molecule has 0 radical (unpaired) electrons. The first-order valence-electron chi connectivity index (χ1n) is 6.60. The molecule has 0 bridgehead atoms. The summed E-state index contributed by atoms with van der Waals surface area (Å²) in [7, 11) is 0. The lowest BCUT2D eigenvalue weighted by molar-refractivity contribution is -0.137. The topological polar surface area (TPSA) is 46.2 Å². The molecule has 1 unspecified atom stereocenters. The summed E-state index contributed by atoms with van der Waals surface area (Å²) in [6.07, 6.45) is -3.48. The number of hydrogen-bond donors (Lipinski definition) is 2. The second-order valence-electron chi connectivity index (χ2n) is 5.36. The number of fused-ring (bicyclic) bond motifs is 1. The summed E-state index contributed by atoms with van der Waals surface area (Å²) in [4.78, 5) is 0. The minimum atomic E-state index is -4.42. The Labute approximate surface area is 120 Å².